The molecule has 0 atom stereocenters. The summed E-state index contributed by atoms with van der Waals surface area (Å²) in [4.78, 5) is 4.21. The Hall–Kier alpha value is -2.33. The lowest BCUT2D eigenvalue weighted by atomic mass is 10.1. The fourth-order valence-electron chi connectivity index (χ4n) is 2.04. The van der Waals surface area contributed by atoms with Crippen LogP contribution in [0.2, 0.25) is 0 Å². The highest BCUT2D eigenvalue weighted by Gasteiger charge is 2.09. The predicted molar refractivity (Wildman–Crippen MR) is 88.3 cm³/mol. The average molecular weight is 341 g/mol. The van der Waals surface area contributed by atoms with E-state index in [0.717, 1.165) is 21.3 Å². The fraction of sp³-hybridized carbons (Fsp3) is 0. The molecule has 0 aliphatic heterocycles. The number of ether oxygens (including phenoxy) is 1. The minimum absolute atomic E-state index is 0.404. The summed E-state index contributed by atoms with van der Waals surface area (Å²) in [5.41, 5.74) is 8.52. The van der Waals surface area contributed by atoms with Crippen LogP contribution in [-0.2, 0) is 0 Å². The second-order valence-corrected chi connectivity index (χ2v) is 5.43. The number of aromatic nitrogens is 1. The Morgan fingerprint density at radius 3 is 2.43 bits per heavy atom. The van der Waals surface area contributed by atoms with Crippen molar-refractivity contribution in [1.29, 1.82) is 0 Å². The van der Waals surface area contributed by atoms with Gasteiger partial charge in [0.1, 0.15) is 5.75 Å². The number of rotatable bonds is 3. The largest absolute Gasteiger partial charge is 0.436 e. The van der Waals surface area contributed by atoms with E-state index in [4.69, 9.17) is 10.5 Å². The Balaban J connectivity index is 2.00. The number of benzene rings is 2. The van der Waals surface area contributed by atoms with Crippen LogP contribution < -0.4 is 10.5 Å². The van der Waals surface area contributed by atoms with Crippen molar-refractivity contribution in [3.63, 3.8) is 0 Å². The van der Waals surface area contributed by atoms with E-state index >= 15 is 0 Å². The van der Waals surface area contributed by atoms with Gasteiger partial charge in [-0.15, -0.1) is 0 Å². The molecule has 1 aromatic heterocycles. The van der Waals surface area contributed by atoms with E-state index in [-0.39, 0.29) is 0 Å². The van der Waals surface area contributed by atoms with E-state index in [2.05, 4.69) is 20.9 Å². The Labute approximate surface area is 131 Å². The molecule has 21 heavy (non-hydrogen) atoms. The Bertz CT molecular complexity index is 760. The highest BCUT2D eigenvalue weighted by atomic mass is 79.9. The maximum atomic E-state index is 5.94. The lowest BCUT2D eigenvalue weighted by Crippen LogP contribution is -1.96. The number of anilines is 1. The first-order chi connectivity index (χ1) is 10.2. The molecule has 0 unspecified atom stereocenters. The molecule has 0 radical (unpaired) electrons. The first kappa shape index (κ1) is 13.6. The van der Waals surface area contributed by atoms with Gasteiger partial charge in [-0.25, -0.2) is 4.98 Å². The summed E-state index contributed by atoms with van der Waals surface area (Å²) in [6, 6.07) is 19.7. The highest BCUT2D eigenvalue weighted by molar-refractivity contribution is 9.10. The summed E-state index contributed by atoms with van der Waals surface area (Å²) in [5, 5.41) is 0. The third kappa shape index (κ3) is 3.06. The van der Waals surface area contributed by atoms with E-state index in [1.807, 2.05) is 54.6 Å². The molecule has 0 saturated heterocycles. The van der Waals surface area contributed by atoms with Gasteiger partial charge in [-0.3, -0.25) is 0 Å². The maximum absolute atomic E-state index is 5.94. The predicted octanol–water partition coefficient (Wildman–Crippen LogP) is 4.89. The van der Waals surface area contributed by atoms with Gasteiger partial charge >= 0.3 is 0 Å². The van der Waals surface area contributed by atoms with Gasteiger partial charge in [0.2, 0.25) is 5.88 Å². The molecule has 0 fully saturated rings. The quantitative estimate of drug-likeness (QED) is 0.738. The van der Waals surface area contributed by atoms with Crippen molar-refractivity contribution < 1.29 is 4.74 Å². The second kappa shape index (κ2) is 5.97. The number of para-hydroxylation sites is 1. The van der Waals surface area contributed by atoms with Crippen LogP contribution in [0.3, 0.4) is 0 Å². The molecular formula is C17H13BrN2O. The van der Waals surface area contributed by atoms with E-state index in [1.165, 1.54) is 0 Å². The van der Waals surface area contributed by atoms with E-state index in [9.17, 15) is 0 Å². The van der Waals surface area contributed by atoms with Crippen LogP contribution in [0.5, 0.6) is 11.6 Å². The van der Waals surface area contributed by atoms with Crippen molar-refractivity contribution in [2.75, 3.05) is 5.73 Å². The molecule has 0 amide bonds. The average Bonchev–Trinajstić information content (AvgIpc) is 2.51. The number of halogens is 1. The molecule has 2 N–H and O–H groups in total. The second-order valence-electron chi connectivity index (χ2n) is 4.51. The monoisotopic (exact) mass is 340 g/mol. The smallest absolute Gasteiger partial charge is 0.242 e. The van der Waals surface area contributed by atoms with E-state index in [0.29, 0.717) is 11.6 Å². The summed E-state index contributed by atoms with van der Waals surface area (Å²) >= 11 is 3.33. The number of pyridine rings is 1. The molecule has 0 aliphatic carbocycles. The maximum Gasteiger partial charge on any atom is 0.242 e. The first-order valence-corrected chi connectivity index (χ1v) is 7.26. The van der Waals surface area contributed by atoms with Crippen LogP contribution in [0.15, 0.2) is 71.3 Å². The number of hydrogen-bond donors (Lipinski definition) is 1. The van der Waals surface area contributed by atoms with Crippen molar-refractivity contribution in [1.82, 2.24) is 4.98 Å². The lowest BCUT2D eigenvalue weighted by molar-refractivity contribution is 0.467. The van der Waals surface area contributed by atoms with Crippen LogP contribution in [-0.4, -0.2) is 4.98 Å². The third-order valence-corrected chi connectivity index (χ3v) is 3.46. The molecule has 4 heteroatoms. The van der Waals surface area contributed by atoms with Crippen molar-refractivity contribution in [3.05, 3.63) is 71.3 Å². The Kier molecular flexibility index (Phi) is 3.88. The number of nitrogens with two attached hydrogens (primary N) is 1. The fourth-order valence-corrected chi connectivity index (χ4v) is 2.39. The summed E-state index contributed by atoms with van der Waals surface area (Å²) in [7, 11) is 0. The van der Waals surface area contributed by atoms with E-state index in [1.54, 1.807) is 12.3 Å². The lowest BCUT2D eigenvalue weighted by Gasteiger charge is -2.12. The topological polar surface area (TPSA) is 48.1 Å². The molecule has 0 bridgehead atoms. The normalized spacial score (nSPS) is 10.3. The van der Waals surface area contributed by atoms with Crippen LogP contribution >= 0.6 is 15.9 Å². The summed E-state index contributed by atoms with van der Waals surface area (Å²) in [6.07, 6.45) is 1.66. The molecule has 1 heterocycles. The van der Waals surface area contributed by atoms with Gasteiger partial charge in [-0.2, -0.15) is 0 Å². The first-order valence-electron chi connectivity index (χ1n) is 6.47. The van der Waals surface area contributed by atoms with Gasteiger partial charge in [-0.1, -0.05) is 48.5 Å². The van der Waals surface area contributed by atoms with Gasteiger partial charge < -0.3 is 10.5 Å². The molecule has 3 nitrogen and oxygen atoms in total. The number of nitrogens with zero attached hydrogens (tertiary/aromatic N) is 1. The third-order valence-electron chi connectivity index (χ3n) is 3.02. The van der Waals surface area contributed by atoms with Crippen molar-refractivity contribution in [2.24, 2.45) is 0 Å². The van der Waals surface area contributed by atoms with Crippen molar-refractivity contribution in [2.45, 2.75) is 0 Å². The van der Waals surface area contributed by atoms with Crippen LogP contribution in [0.1, 0.15) is 0 Å². The van der Waals surface area contributed by atoms with Gasteiger partial charge in [0.15, 0.2) is 0 Å². The zero-order chi connectivity index (χ0) is 14.7. The minimum Gasteiger partial charge on any atom is -0.436 e. The van der Waals surface area contributed by atoms with Crippen LogP contribution in [0.4, 0.5) is 5.69 Å². The SMILES string of the molecule is Nc1cc(Br)cnc1Oc1ccccc1-c1ccccc1. The Morgan fingerprint density at radius 2 is 1.67 bits per heavy atom. The van der Waals surface area contributed by atoms with Gasteiger partial charge in [0, 0.05) is 16.2 Å². The number of nitrogen functional groups attached to an aromatic ring is 1. The van der Waals surface area contributed by atoms with Gasteiger partial charge in [0.05, 0.1) is 5.69 Å². The van der Waals surface area contributed by atoms with Crippen molar-refractivity contribution in [3.8, 4) is 22.8 Å². The Morgan fingerprint density at radius 1 is 0.952 bits per heavy atom. The minimum atomic E-state index is 0.404. The molecule has 3 rings (SSSR count). The molecule has 0 spiro atoms. The molecule has 104 valence electrons. The molecular weight excluding hydrogens is 328 g/mol. The summed E-state index contributed by atoms with van der Waals surface area (Å²) in [5.74, 6) is 1.13. The number of hydrogen-bond acceptors (Lipinski definition) is 3. The van der Waals surface area contributed by atoms with Crippen LogP contribution in [0.25, 0.3) is 11.1 Å². The molecule has 3 aromatic rings. The van der Waals surface area contributed by atoms with Crippen LogP contribution in [0, 0.1) is 0 Å². The van der Waals surface area contributed by atoms with Gasteiger partial charge in [0.25, 0.3) is 0 Å². The molecule has 2 aromatic carbocycles. The van der Waals surface area contributed by atoms with Gasteiger partial charge in [-0.05, 0) is 33.6 Å². The van der Waals surface area contributed by atoms with Crippen molar-refractivity contribution >= 4 is 21.6 Å². The van der Waals surface area contributed by atoms with E-state index < -0.39 is 0 Å². The summed E-state index contributed by atoms with van der Waals surface area (Å²) < 4.78 is 6.72. The molecule has 0 aliphatic rings. The zero-order valence-corrected chi connectivity index (χ0v) is 12.7. The highest BCUT2D eigenvalue weighted by Crippen LogP contribution is 2.34. The standard InChI is InChI=1S/C17H13BrN2O/c18-13-10-15(19)17(20-11-13)21-16-9-5-4-8-14(16)12-6-2-1-3-7-12/h1-11H,19H2. The summed E-state index contributed by atoms with van der Waals surface area (Å²) in [6.45, 7) is 0. The zero-order valence-electron chi connectivity index (χ0n) is 11.2. The molecule has 0 saturated carbocycles.